The molecule has 2 rings (SSSR count). The predicted octanol–water partition coefficient (Wildman–Crippen LogP) is 2.07. The highest BCUT2D eigenvalue weighted by Crippen LogP contribution is 2.15. The third kappa shape index (κ3) is 7.33. The van der Waals surface area contributed by atoms with Crippen molar-refractivity contribution in [2.75, 3.05) is 6.61 Å². The van der Waals surface area contributed by atoms with E-state index in [2.05, 4.69) is 5.32 Å². The van der Waals surface area contributed by atoms with Crippen LogP contribution >= 0.6 is 0 Å². The number of hydrogen-bond acceptors (Lipinski definition) is 4. The standard InChI is InChI=1S/C23H31N3O3/c1-17(2)13-20(22(24)28)25-23(29)21(16-27)26(14-18-9-5-3-6-10-18)15-19-11-7-4-8-12-19/h3-12,17,20-21,27H,13-16H2,1-2H3,(H2,24,28)(H,25,29)/t20-,21-/m0/s1. The second kappa shape index (κ2) is 11.3. The summed E-state index contributed by atoms with van der Waals surface area (Å²) in [4.78, 5) is 26.6. The molecule has 0 saturated heterocycles. The van der Waals surface area contributed by atoms with Crippen LogP contribution in [0.1, 0.15) is 31.4 Å². The van der Waals surface area contributed by atoms with Gasteiger partial charge in [0.25, 0.3) is 0 Å². The Bertz CT molecular complexity index is 724. The third-order valence-corrected chi connectivity index (χ3v) is 4.74. The van der Waals surface area contributed by atoms with Crippen LogP contribution < -0.4 is 11.1 Å². The molecule has 2 aromatic rings. The number of benzene rings is 2. The summed E-state index contributed by atoms with van der Waals surface area (Å²) in [6, 6.07) is 18.0. The zero-order chi connectivity index (χ0) is 21.2. The zero-order valence-corrected chi connectivity index (χ0v) is 17.1. The van der Waals surface area contributed by atoms with E-state index in [1.54, 1.807) is 0 Å². The Hall–Kier alpha value is -2.70. The number of carbonyl (C=O) groups is 2. The summed E-state index contributed by atoms with van der Waals surface area (Å²) in [6.45, 7) is 4.53. The Labute approximate surface area is 172 Å². The molecule has 0 spiro atoms. The number of nitrogens with one attached hydrogen (secondary N) is 1. The van der Waals surface area contributed by atoms with Gasteiger partial charge in [-0.2, -0.15) is 0 Å². The maximum absolute atomic E-state index is 13.0. The minimum absolute atomic E-state index is 0.199. The molecule has 0 saturated carbocycles. The minimum Gasteiger partial charge on any atom is -0.394 e. The van der Waals surface area contributed by atoms with E-state index in [0.717, 1.165) is 11.1 Å². The second-order valence-corrected chi connectivity index (χ2v) is 7.67. The van der Waals surface area contributed by atoms with Gasteiger partial charge in [0.2, 0.25) is 11.8 Å². The number of rotatable bonds is 11. The minimum atomic E-state index is -0.801. The summed E-state index contributed by atoms with van der Waals surface area (Å²) < 4.78 is 0. The summed E-state index contributed by atoms with van der Waals surface area (Å²) >= 11 is 0. The Morgan fingerprint density at radius 1 is 0.966 bits per heavy atom. The van der Waals surface area contributed by atoms with Crippen LogP contribution in [0.2, 0.25) is 0 Å². The summed E-state index contributed by atoms with van der Waals surface area (Å²) in [5.41, 5.74) is 7.53. The van der Waals surface area contributed by atoms with Crippen LogP contribution in [0, 0.1) is 5.92 Å². The van der Waals surface area contributed by atoms with Gasteiger partial charge in [-0.3, -0.25) is 14.5 Å². The second-order valence-electron chi connectivity index (χ2n) is 7.67. The first kappa shape index (κ1) is 22.6. The van der Waals surface area contributed by atoms with E-state index in [1.807, 2.05) is 79.4 Å². The lowest BCUT2D eigenvalue weighted by atomic mass is 10.0. The average Bonchev–Trinajstić information content (AvgIpc) is 2.69. The van der Waals surface area contributed by atoms with Crippen molar-refractivity contribution in [1.29, 1.82) is 0 Å². The number of aliphatic hydroxyl groups is 1. The molecule has 0 aliphatic heterocycles. The van der Waals surface area contributed by atoms with Gasteiger partial charge in [0.05, 0.1) is 6.61 Å². The van der Waals surface area contributed by atoms with Gasteiger partial charge in [-0.1, -0.05) is 74.5 Å². The Balaban J connectivity index is 2.22. The van der Waals surface area contributed by atoms with Gasteiger partial charge < -0.3 is 16.2 Å². The number of nitrogens with zero attached hydrogens (tertiary/aromatic N) is 1. The van der Waals surface area contributed by atoms with Crippen molar-refractivity contribution >= 4 is 11.8 Å². The van der Waals surface area contributed by atoms with E-state index in [1.165, 1.54) is 0 Å². The van der Waals surface area contributed by atoms with E-state index in [0.29, 0.717) is 19.5 Å². The molecule has 0 aliphatic carbocycles. The fraction of sp³-hybridized carbons (Fsp3) is 0.391. The van der Waals surface area contributed by atoms with Crippen LogP contribution in [0.15, 0.2) is 60.7 Å². The number of carbonyl (C=O) groups excluding carboxylic acids is 2. The van der Waals surface area contributed by atoms with Gasteiger partial charge in [-0.25, -0.2) is 0 Å². The van der Waals surface area contributed by atoms with Crippen LogP contribution in [0.25, 0.3) is 0 Å². The van der Waals surface area contributed by atoms with Crippen molar-refractivity contribution < 1.29 is 14.7 Å². The largest absolute Gasteiger partial charge is 0.394 e. The Kier molecular flexibility index (Phi) is 8.83. The molecule has 6 nitrogen and oxygen atoms in total. The van der Waals surface area contributed by atoms with E-state index >= 15 is 0 Å². The number of aliphatic hydroxyl groups excluding tert-OH is 1. The molecule has 2 atom stereocenters. The van der Waals surface area contributed by atoms with Crippen LogP contribution in [-0.2, 0) is 22.7 Å². The number of amides is 2. The van der Waals surface area contributed by atoms with E-state index in [9.17, 15) is 14.7 Å². The summed E-state index contributed by atoms with van der Waals surface area (Å²) in [7, 11) is 0. The molecule has 0 unspecified atom stereocenters. The number of hydrogen-bond donors (Lipinski definition) is 3. The Morgan fingerprint density at radius 2 is 1.45 bits per heavy atom. The molecule has 2 aromatic carbocycles. The van der Waals surface area contributed by atoms with Crippen LogP contribution in [0.3, 0.4) is 0 Å². The van der Waals surface area contributed by atoms with Gasteiger partial charge >= 0.3 is 0 Å². The summed E-state index contributed by atoms with van der Waals surface area (Å²) in [5.74, 6) is -0.768. The van der Waals surface area contributed by atoms with Gasteiger partial charge in [-0.15, -0.1) is 0 Å². The maximum Gasteiger partial charge on any atom is 0.240 e. The van der Waals surface area contributed by atoms with E-state index < -0.39 is 23.9 Å². The smallest absolute Gasteiger partial charge is 0.240 e. The quantitative estimate of drug-likeness (QED) is 0.541. The molecule has 0 aliphatic rings. The van der Waals surface area contributed by atoms with Crippen molar-refractivity contribution in [3.63, 3.8) is 0 Å². The Morgan fingerprint density at radius 3 is 1.83 bits per heavy atom. The zero-order valence-electron chi connectivity index (χ0n) is 17.1. The molecular formula is C23H31N3O3. The first-order chi connectivity index (χ1) is 13.9. The molecule has 29 heavy (non-hydrogen) atoms. The maximum atomic E-state index is 13.0. The molecule has 6 heteroatoms. The average molecular weight is 398 g/mol. The van der Waals surface area contributed by atoms with Gasteiger partial charge in [0.15, 0.2) is 0 Å². The highest BCUT2D eigenvalue weighted by atomic mass is 16.3. The van der Waals surface area contributed by atoms with E-state index in [-0.39, 0.29) is 12.5 Å². The van der Waals surface area contributed by atoms with Crippen LogP contribution in [0.5, 0.6) is 0 Å². The van der Waals surface area contributed by atoms with Crippen LogP contribution in [0.4, 0.5) is 0 Å². The summed E-state index contributed by atoms with van der Waals surface area (Å²) in [5, 5.41) is 12.8. The SMILES string of the molecule is CC(C)C[C@H](NC(=O)[C@H](CO)N(Cc1ccccc1)Cc1ccccc1)C(N)=O. The first-order valence-electron chi connectivity index (χ1n) is 9.93. The fourth-order valence-electron chi connectivity index (χ4n) is 3.26. The molecule has 0 radical (unpaired) electrons. The topological polar surface area (TPSA) is 95.7 Å². The normalized spacial score (nSPS) is 13.3. The van der Waals surface area contributed by atoms with Crippen molar-refractivity contribution in [2.24, 2.45) is 11.7 Å². The lowest BCUT2D eigenvalue weighted by Gasteiger charge is -2.31. The molecule has 2 amide bonds. The highest BCUT2D eigenvalue weighted by molar-refractivity contribution is 5.89. The predicted molar refractivity (Wildman–Crippen MR) is 114 cm³/mol. The monoisotopic (exact) mass is 397 g/mol. The summed E-state index contributed by atoms with van der Waals surface area (Å²) in [6.07, 6.45) is 0.455. The van der Waals surface area contributed by atoms with Crippen molar-refractivity contribution in [1.82, 2.24) is 10.2 Å². The van der Waals surface area contributed by atoms with Crippen molar-refractivity contribution in [3.8, 4) is 0 Å². The van der Waals surface area contributed by atoms with Crippen molar-refractivity contribution in [3.05, 3.63) is 71.8 Å². The van der Waals surface area contributed by atoms with Crippen molar-refractivity contribution in [2.45, 2.75) is 45.4 Å². The lowest BCUT2D eigenvalue weighted by Crippen LogP contribution is -2.54. The highest BCUT2D eigenvalue weighted by Gasteiger charge is 2.29. The first-order valence-corrected chi connectivity index (χ1v) is 9.93. The molecular weight excluding hydrogens is 366 g/mol. The third-order valence-electron chi connectivity index (χ3n) is 4.74. The van der Waals surface area contributed by atoms with E-state index in [4.69, 9.17) is 5.73 Å². The van der Waals surface area contributed by atoms with Gasteiger partial charge in [-0.05, 0) is 23.5 Å². The number of primary amides is 1. The molecule has 0 heterocycles. The van der Waals surface area contributed by atoms with Gasteiger partial charge in [0.1, 0.15) is 12.1 Å². The molecule has 0 fully saturated rings. The number of nitrogens with two attached hydrogens (primary N) is 1. The lowest BCUT2D eigenvalue weighted by molar-refractivity contribution is -0.132. The molecule has 4 N–H and O–H groups in total. The molecule has 156 valence electrons. The molecule has 0 bridgehead atoms. The molecule has 0 aromatic heterocycles. The van der Waals surface area contributed by atoms with Gasteiger partial charge in [0, 0.05) is 13.1 Å². The fourth-order valence-corrected chi connectivity index (χ4v) is 3.26. The van der Waals surface area contributed by atoms with Crippen LogP contribution in [-0.4, -0.2) is 40.5 Å².